The summed E-state index contributed by atoms with van der Waals surface area (Å²) in [7, 11) is 0. The Hall–Kier alpha value is -2.38. The minimum Gasteiger partial charge on any atom is -0.333 e. The number of hydrogen-bond donors (Lipinski definition) is 2. The number of nitrogens with zero attached hydrogens (tertiary/aromatic N) is 3. The lowest BCUT2D eigenvalue weighted by Crippen LogP contribution is -1.87. The fraction of sp³-hybridized carbons (Fsp3) is 0.0625. The van der Waals surface area contributed by atoms with Crippen molar-refractivity contribution in [1.29, 1.82) is 0 Å². The number of aromatic nitrogens is 4. The summed E-state index contributed by atoms with van der Waals surface area (Å²) < 4.78 is 0. The molecule has 4 aromatic rings. The van der Waals surface area contributed by atoms with Crippen molar-refractivity contribution in [2.45, 2.75) is 10.9 Å². The van der Waals surface area contributed by atoms with Crippen molar-refractivity contribution in [3.05, 3.63) is 59.6 Å². The van der Waals surface area contributed by atoms with Crippen LogP contribution in [0.4, 0.5) is 10.8 Å². The Kier molecular flexibility index (Phi) is 3.95. The van der Waals surface area contributed by atoms with Crippen LogP contribution in [0.15, 0.2) is 59.8 Å². The van der Waals surface area contributed by atoms with Crippen LogP contribution in [-0.4, -0.2) is 20.2 Å². The van der Waals surface area contributed by atoms with Gasteiger partial charge < -0.3 is 10.3 Å². The van der Waals surface area contributed by atoms with E-state index in [1.165, 1.54) is 0 Å². The third kappa shape index (κ3) is 3.35. The molecule has 114 valence electrons. The summed E-state index contributed by atoms with van der Waals surface area (Å²) in [6.07, 6.45) is 0. The highest BCUT2D eigenvalue weighted by molar-refractivity contribution is 7.98. The number of aromatic amines is 1. The van der Waals surface area contributed by atoms with Crippen molar-refractivity contribution in [3.63, 3.8) is 0 Å². The van der Waals surface area contributed by atoms with Gasteiger partial charge in [0.15, 0.2) is 5.16 Å². The van der Waals surface area contributed by atoms with Gasteiger partial charge in [0.2, 0.25) is 5.13 Å². The maximum absolute atomic E-state index is 4.55. The Morgan fingerprint density at radius 1 is 1.00 bits per heavy atom. The molecule has 4 rings (SSSR count). The molecule has 0 bridgehead atoms. The smallest absolute Gasteiger partial charge is 0.210 e. The summed E-state index contributed by atoms with van der Waals surface area (Å²) in [5.74, 6) is 0.744. The molecule has 5 nitrogen and oxygen atoms in total. The molecule has 0 fully saturated rings. The summed E-state index contributed by atoms with van der Waals surface area (Å²) in [6.45, 7) is 0. The second-order valence-corrected chi connectivity index (χ2v) is 6.87. The zero-order chi connectivity index (χ0) is 15.5. The molecule has 0 radical (unpaired) electrons. The van der Waals surface area contributed by atoms with Gasteiger partial charge in [0, 0.05) is 5.69 Å². The molecular formula is C16H13N5S2. The van der Waals surface area contributed by atoms with Crippen LogP contribution in [0.1, 0.15) is 5.01 Å². The van der Waals surface area contributed by atoms with Crippen LogP contribution in [-0.2, 0) is 5.75 Å². The summed E-state index contributed by atoms with van der Waals surface area (Å²) in [4.78, 5) is 7.86. The largest absolute Gasteiger partial charge is 0.333 e. The minimum absolute atomic E-state index is 0.744. The van der Waals surface area contributed by atoms with E-state index in [0.29, 0.717) is 0 Å². The quantitative estimate of drug-likeness (QED) is 0.526. The monoisotopic (exact) mass is 339 g/mol. The van der Waals surface area contributed by atoms with E-state index in [-0.39, 0.29) is 0 Å². The summed E-state index contributed by atoms with van der Waals surface area (Å²) in [5.41, 5.74) is 3.05. The van der Waals surface area contributed by atoms with E-state index in [0.717, 1.165) is 37.8 Å². The average molecular weight is 339 g/mol. The van der Waals surface area contributed by atoms with Gasteiger partial charge in [-0.25, -0.2) is 4.98 Å². The summed E-state index contributed by atoms with van der Waals surface area (Å²) in [5, 5.41) is 14.3. The average Bonchev–Trinajstić information content (AvgIpc) is 3.20. The molecule has 2 aromatic heterocycles. The fourth-order valence-electron chi connectivity index (χ4n) is 2.14. The van der Waals surface area contributed by atoms with E-state index in [9.17, 15) is 0 Å². The second kappa shape index (κ2) is 6.39. The summed E-state index contributed by atoms with van der Waals surface area (Å²) in [6, 6.07) is 18.0. The highest BCUT2D eigenvalue weighted by atomic mass is 32.2. The first-order valence-electron chi connectivity index (χ1n) is 7.09. The summed E-state index contributed by atoms with van der Waals surface area (Å²) >= 11 is 3.19. The minimum atomic E-state index is 0.744. The van der Waals surface area contributed by atoms with Gasteiger partial charge in [-0.1, -0.05) is 53.4 Å². The number of para-hydroxylation sites is 3. The Morgan fingerprint density at radius 2 is 1.83 bits per heavy atom. The maximum atomic E-state index is 4.55. The fourth-order valence-corrected chi connectivity index (χ4v) is 3.77. The number of hydrogen-bond acceptors (Lipinski definition) is 6. The van der Waals surface area contributed by atoms with Crippen molar-refractivity contribution in [2.75, 3.05) is 5.32 Å². The first-order chi connectivity index (χ1) is 11.4. The van der Waals surface area contributed by atoms with Gasteiger partial charge in [0.05, 0.1) is 16.8 Å². The highest BCUT2D eigenvalue weighted by Crippen LogP contribution is 2.27. The molecule has 0 saturated carbocycles. The lowest BCUT2D eigenvalue weighted by molar-refractivity contribution is 1.03. The number of thioether (sulfide) groups is 1. The van der Waals surface area contributed by atoms with E-state index in [1.54, 1.807) is 23.1 Å². The van der Waals surface area contributed by atoms with Gasteiger partial charge in [-0.05, 0) is 24.3 Å². The lowest BCUT2D eigenvalue weighted by Gasteiger charge is -1.99. The van der Waals surface area contributed by atoms with Gasteiger partial charge >= 0.3 is 0 Å². The van der Waals surface area contributed by atoms with Crippen LogP contribution >= 0.6 is 23.1 Å². The molecule has 0 atom stereocenters. The van der Waals surface area contributed by atoms with Gasteiger partial charge in [-0.15, -0.1) is 10.2 Å². The number of benzene rings is 2. The Morgan fingerprint density at radius 3 is 2.70 bits per heavy atom. The molecule has 0 aliphatic carbocycles. The molecule has 0 aliphatic rings. The molecule has 0 aliphatic heterocycles. The van der Waals surface area contributed by atoms with Crippen molar-refractivity contribution < 1.29 is 0 Å². The third-order valence-corrected chi connectivity index (χ3v) is 5.10. The number of rotatable bonds is 5. The standard InChI is InChI=1S/C16H13N5S2/c1-2-6-11(7-3-1)17-16-21-20-14(23-16)10-22-15-18-12-8-4-5-9-13(12)19-15/h1-9H,10H2,(H,17,21)(H,18,19). The van der Waals surface area contributed by atoms with E-state index < -0.39 is 0 Å². The lowest BCUT2D eigenvalue weighted by atomic mass is 10.3. The van der Waals surface area contributed by atoms with Gasteiger partial charge in [-0.3, -0.25) is 0 Å². The molecule has 23 heavy (non-hydrogen) atoms. The first kappa shape index (κ1) is 14.2. The van der Waals surface area contributed by atoms with Crippen LogP contribution in [0.5, 0.6) is 0 Å². The number of nitrogens with one attached hydrogen (secondary N) is 2. The predicted octanol–water partition coefficient (Wildman–Crippen LogP) is 4.45. The van der Waals surface area contributed by atoms with E-state index in [4.69, 9.17) is 0 Å². The first-order valence-corrected chi connectivity index (χ1v) is 8.89. The Labute approximate surface area is 141 Å². The Balaban J connectivity index is 1.41. The number of H-pyrrole nitrogens is 1. The maximum Gasteiger partial charge on any atom is 0.210 e. The van der Waals surface area contributed by atoms with Crippen LogP contribution in [0.25, 0.3) is 11.0 Å². The van der Waals surface area contributed by atoms with Crippen LogP contribution in [0, 0.1) is 0 Å². The topological polar surface area (TPSA) is 66.5 Å². The second-order valence-electron chi connectivity index (χ2n) is 4.84. The van der Waals surface area contributed by atoms with Crippen molar-refractivity contribution in [2.24, 2.45) is 0 Å². The van der Waals surface area contributed by atoms with Crippen molar-refractivity contribution >= 4 is 45.0 Å². The molecule has 2 N–H and O–H groups in total. The molecule has 0 spiro atoms. The number of fused-ring (bicyclic) bond motifs is 1. The number of anilines is 2. The van der Waals surface area contributed by atoms with Gasteiger partial charge in [0.25, 0.3) is 0 Å². The molecule has 2 heterocycles. The van der Waals surface area contributed by atoms with E-state index in [2.05, 4.69) is 25.5 Å². The normalized spacial score (nSPS) is 11.0. The van der Waals surface area contributed by atoms with E-state index in [1.807, 2.05) is 54.6 Å². The van der Waals surface area contributed by atoms with Crippen LogP contribution in [0.2, 0.25) is 0 Å². The molecule has 0 saturated heterocycles. The molecule has 2 aromatic carbocycles. The SMILES string of the molecule is c1ccc(Nc2nnc(CSc3nc4ccccc4[nH]3)s2)cc1. The van der Waals surface area contributed by atoms with Gasteiger partial charge in [-0.2, -0.15) is 0 Å². The van der Waals surface area contributed by atoms with Crippen molar-refractivity contribution in [3.8, 4) is 0 Å². The van der Waals surface area contributed by atoms with Crippen LogP contribution in [0.3, 0.4) is 0 Å². The molecule has 7 heteroatoms. The zero-order valence-corrected chi connectivity index (χ0v) is 13.7. The number of imidazole rings is 1. The molecule has 0 unspecified atom stereocenters. The van der Waals surface area contributed by atoms with Crippen molar-refractivity contribution in [1.82, 2.24) is 20.2 Å². The molecular weight excluding hydrogens is 326 g/mol. The third-order valence-electron chi connectivity index (χ3n) is 3.19. The molecule has 0 amide bonds. The Bertz CT molecular complexity index is 883. The zero-order valence-electron chi connectivity index (χ0n) is 12.1. The highest BCUT2D eigenvalue weighted by Gasteiger charge is 2.07. The van der Waals surface area contributed by atoms with Gasteiger partial charge in [0.1, 0.15) is 5.01 Å². The van der Waals surface area contributed by atoms with E-state index >= 15 is 0 Å². The van der Waals surface area contributed by atoms with Crippen LogP contribution < -0.4 is 5.32 Å². The predicted molar refractivity (Wildman–Crippen MR) is 95.3 cm³/mol.